The number of imidazole rings is 1. The molecule has 1 fully saturated rings. The zero-order valence-electron chi connectivity index (χ0n) is 13.4. The Morgan fingerprint density at radius 1 is 1.42 bits per heavy atom. The largest absolute Gasteiger partial charge is 0.469 e. The van der Waals surface area contributed by atoms with Crippen molar-refractivity contribution in [2.75, 3.05) is 13.1 Å². The van der Waals surface area contributed by atoms with E-state index in [1.165, 1.54) is 6.26 Å². The summed E-state index contributed by atoms with van der Waals surface area (Å²) in [4.78, 5) is 20.6. The molecular weight excluding hydrogens is 323 g/mol. The summed E-state index contributed by atoms with van der Waals surface area (Å²) in [5, 5.41) is 0. The number of aryl methyl sites for hydroxylation is 2. The number of amides is 1. The van der Waals surface area contributed by atoms with Crippen molar-refractivity contribution in [1.29, 1.82) is 0 Å². The first-order valence-electron chi connectivity index (χ1n) is 7.73. The number of hydrogen-bond acceptors (Lipinski definition) is 3. The maximum Gasteiger partial charge on any atom is 0.432 e. The third-order valence-corrected chi connectivity index (χ3v) is 4.37. The van der Waals surface area contributed by atoms with Crippen molar-refractivity contribution in [3.05, 3.63) is 40.9 Å². The number of nitrogens with zero attached hydrogens (tertiary/aromatic N) is 2. The van der Waals surface area contributed by atoms with Crippen molar-refractivity contribution in [3.8, 4) is 0 Å². The summed E-state index contributed by atoms with van der Waals surface area (Å²) in [5.41, 5.74) is 0.436. The predicted molar refractivity (Wildman–Crippen MR) is 79.7 cm³/mol. The fourth-order valence-electron chi connectivity index (χ4n) is 3.12. The Kier molecular flexibility index (Phi) is 4.15. The van der Waals surface area contributed by atoms with Gasteiger partial charge in [-0.25, -0.2) is 4.98 Å². The molecule has 0 radical (unpaired) electrons. The Bertz CT molecular complexity index is 729. The summed E-state index contributed by atoms with van der Waals surface area (Å²) in [5.74, 6) is 0.454. The predicted octanol–water partition coefficient (Wildman–Crippen LogP) is 3.66. The van der Waals surface area contributed by atoms with Crippen molar-refractivity contribution in [2.24, 2.45) is 0 Å². The Morgan fingerprint density at radius 2 is 2.17 bits per heavy atom. The summed E-state index contributed by atoms with van der Waals surface area (Å²) in [6, 6.07) is 0. The number of rotatable bonds is 2. The number of likely N-dealkylation sites (tertiary alicyclic amines) is 1. The summed E-state index contributed by atoms with van der Waals surface area (Å²) >= 11 is 0. The number of hydrogen-bond donors (Lipinski definition) is 1. The molecule has 1 atom stereocenters. The van der Waals surface area contributed by atoms with Gasteiger partial charge in [-0.15, -0.1) is 0 Å². The molecule has 3 rings (SSSR count). The van der Waals surface area contributed by atoms with Crippen LogP contribution in [-0.2, 0) is 6.18 Å². The number of piperidine rings is 1. The molecule has 1 saturated heterocycles. The minimum Gasteiger partial charge on any atom is -0.469 e. The second-order valence-electron chi connectivity index (χ2n) is 6.12. The van der Waals surface area contributed by atoms with E-state index in [9.17, 15) is 18.0 Å². The van der Waals surface area contributed by atoms with E-state index >= 15 is 0 Å². The van der Waals surface area contributed by atoms with Crippen molar-refractivity contribution < 1.29 is 22.4 Å². The molecule has 8 heteroatoms. The summed E-state index contributed by atoms with van der Waals surface area (Å²) in [7, 11) is 0. The molecular formula is C16H18F3N3O2. The highest BCUT2D eigenvalue weighted by Crippen LogP contribution is 2.31. The molecule has 1 amide bonds. The van der Waals surface area contributed by atoms with Crippen LogP contribution in [0.25, 0.3) is 0 Å². The van der Waals surface area contributed by atoms with E-state index in [1.54, 1.807) is 18.7 Å². The highest BCUT2D eigenvalue weighted by Gasteiger charge is 2.35. The fourth-order valence-corrected chi connectivity index (χ4v) is 3.12. The number of carbonyl (C=O) groups is 1. The van der Waals surface area contributed by atoms with Gasteiger partial charge in [0.2, 0.25) is 0 Å². The first-order chi connectivity index (χ1) is 11.3. The molecule has 1 unspecified atom stereocenters. The number of aromatic amines is 1. The Balaban J connectivity index is 1.77. The normalized spacial score (nSPS) is 18.9. The van der Waals surface area contributed by atoms with Crippen LogP contribution in [0.2, 0.25) is 0 Å². The van der Waals surface area contributed by atoms with Gasteiger partial charge < -0.3 is 14.3 Å². The van der Waals surface area contributed by atoms with Crippen LogP contribution in [0.1, 0.15) is 52.0 Å². The molecule has 2 aromatic rings. The fraction of sp³-hybridized carbons (Fsp3) is 0.500. The topological polar surface area (TPSA) is 62.1 Å². The molecule has 1 aliphatic rings. The first-order valence-corrected chi connectivity index (χ1v) is 7.73. The summed E-state index contributed by atoms with van der Waals surface area (Å²) in [6.45, 7) is 4.44. The zero-order valence-corrected chi connectivity index (χ0v) is 13.4. The van der Waals surface area contributed by atoms with E-state index < -0.39 is 11.9 Å². The molecule has 5 nitrogen and oxygen atoms in total. The Labute approximate surface area is 136 Å². The molecule has 24 heavy (non-hydrogen) atoms. The molecule has 0 aromatic carbocycles. The minimum atomic E-state index is -4.44. The van der Waals surface area contributed by atoms with Gasteiger partial charge in [-0.3, -0.25) is 4.79 Å². The highest BCUT2D eigenvalue weighted by molar-refractivity contribution is 5.96. The van der Waals surface area contributed by atoms with E-state index in [2.05, 4.69) is 9.97 Å². The van der Waals surface area contributed by atoms with Crippen molar-refractivity contribution in [2.45, 2.75) is 38.8 Å². The van der Waals surface area contributed by atoms with Crippen molar-refractivity contribution >= 4 is 5.91 Å². The number of halogens is 3. The van der Waals surface area contributed by atoms with Gasteiger partial charge >= 0.3 is 6.18 Å². The quantitative estimate of drug-likeness (QED) is 0.907. The third-order valence-electron chi connectivity index (χ3n) is 4.37. The van der Waals surface area contributed by atoms with E-state index in [1.807, 2.05) is 0 Å². The molecule has 130 valence electrons. The average Bonchev–Trinajstić information content (AvgIpc) is 3.14. The van der Waals surface area contributed by atoms with Gasteiger partial charge in [-0.05, 0) is 26.7 Å². The lowest BCUT2D eigenvalue weighted by atomic mass is 9.96. The van der Waals surface area contributed by atoms with E-state index in [-0.39, 0.29) is 17.6 Å². The highest BCUT2D eigenvalue weighted by atomic mass is 19.4. The first kappa shape index (κ1) is 16.6. The SMILES string of the molecule is Cc1coc(C)c1C(=O)N1CCCC(c2ncc(C(F)(F)F)[nH]2)C1. The van der Waals surface area contributed by atoms with Gasteiger partial charge in [0, 0.05) is 24.6 Å². The summed E-state index contributed by atoms with van der Waals surface area (Å²) < 4.78 is 43.4. The molecule has 0 saturated carbocycles. The zero-order chi connectivity index (χ0) is 17.5. The molecule has 2 aromatic heterocycles. The second kappa shape index (κ2) is 5.99. The molecule has 0 bridgehead atoms. The second-order valence-corrected chi connectivity index (χ2v) is 6.12. The van der Waals surface area contributed by atoms with Crippen molar-refractivity contribution in [1.82, 2.24) is 14.9 Å². The maximum atomic E-state index is 12.7. The van der Waals surface area contributed by atoms with Gasteiger partial charge in [0.1, 0.15) is 17.3 Å². The molecule has 0 aliphatic carbocycles. The number of alkyl halides is 3. The van der Waals surface area contributed by atoms with Crippen LogP contribution in [-0.4, -0.2) is 33.9 Å². The van der Waals surface area contributed by atoms with Gasteiger partial charge in [0.25, 0.3) is 5.91 Å². The summed E-state index contributed by atoms with van der Waals surface area (Å²) in [6.07, 6.45) is -0.695. The van der Waals surface area contributed by atoms with Crippen LogP contribution >= 0.6 is 0 Å². The van der Waals surface area contributed by atoms with Crippen LogP contribution in [0.4, 0.5) is 13.2 Å². The van der Waals surface area contributed by atoms with Crippen molar-refractivity contribution in [3.63, 3.8) is 0 Å². The van der Waals surface area contributed by atoms with Crippen LogP contribution in [0.5, 0.6) is 0 Å². The number of H-pyrrole nitrogens is 1. The molecule has 1 N–H and O–H groups in total. The van der Waals surface area contributed by atoms with Crippen LogP contribution in [0.15, 0.2) is 16.9 Å². The van der Waals surface area contributed by atoms with Crippen LogP contribution in [0, 0.1) is 13.8 Å². The van der Waals surface area contributed by atoms with E-state index in [4.69, 9.17) is 4.42 Å². The number of carbonyl (C=O) groups excluding carboxylic acids is 1. The van der Waals surface area contributed by atoms with Crippen LogP contribution < -0.4 is 0 Å². The van der Waals surface area contributed by atoms with Gasteiger partial charge in [-0.2, -0.15) is 13.2 Å². The minimum absolute atomic E-state index is 0.147. The van der Waals surface area contributed by atoms with Gasteiger partial charge in [-0.1, -0.05) is 0 Å². The van der Waals surface area contributed by atoms with E-state index in [0.29, 0.717) is 37.3 Å². The lowest BCUT2D eigenvalue weighted by Gasteiger charge is -2.32. The van der Waals surface area contributed by atoms with Gasteiger partial charge in [0.15, 0.2) is 0 Å². The Morgan fingerprint density at radius 3 is 2.75 bits per heavy atom. The lowest BCUT2D eigenvalue weighted by Crippen LogP contribution is -2.39. The number of furan rings is 1. The van der Waals surface area contributed by atoms with Gasteiger partial charge in [0.05, 0.1) is 18.0 Å². The smallest absolute Gasteiger partial charge is 0.432 e. The van der Waals surface area contributed by atoms with E-state index in [0.717, 1.165) is 11.8 Å². The third kappa shape index (κ3) is 3.05. The number of aromatic nitrogens is 2. The standard InChI is InChI=1S/C16H18F3N3O2/c1-9-8-24-10(2)13(9)15(23)22-5-3-4-11(7-22)14-20-6-12(21-14)16(17,18)19/h6,8,11H,3-5,7H2,1-2H3,(H,20,21). The maximum absolute atomic E-state index is 12.7. The lowest BCUT2D eigenvalue weighted by molar-refractivity contribution is -0.141. The average molecular weight is 341 g/mol. The molecule has 3 heterocycles. The Hall–Kier alpha value is -2.25. The number of nitrogens with one attached hydrogen (secondary N) is 1. The van der Waals surface area contributed by atoms with Crippen LogP contribution in [0.3, 0.4) is 0 Å². The monoisotopic (exact) mass is 341 g/mol. The molecule has 0 spiro atoms. The molecule has 1 aliphatic heterocycles.